The normalized spacial score (nSPS) is 10.5. The lowest BCUT2D eigenvalue weighted by Crippen LogP contribution is -2.29. The second-order valence-corrected chi connectivity index (χ2v) is 5.73. The molecule has 0 aliphatic heterocycles. The number of carbonyl (C=O) groups is 1. The van der Waals surface area contributed by atoms with Crippen molar-refractivity contribution in [2.45, 2.75) is 13.5 Å². The number of hydrogen-bond donors (Lipinski definition) is 2. The van der Waals surface area contributed by atoms with Crippen molar-refractivity contribution in [3.05, 3.63) is 66.3 Å². The van der Waals surface area contributed by atoms with Gasteiger partial charge in [-0.15, -0.1) is 0 Å². The van der Waals surface area contributed by atoms with Crippen LogP contribution in [0.1, 0.15) is 11.3 Å². The Balaban J connectivity index is 1.72. The van der Waals surface area contributed by atoms with Gasteiger partial charge in [0.1, 0.15) is 5.82 Å². The van der Waals surface area contributed by atoms with Crippen LogP contribution in [0, 0.1) is 12.7 Å². The zero-order valence-corrected chi connectivity index (χ0v) is 14.0. The molecular formula is C18H18FN5O. The molecule has 0 fully saturated rings. The highest BCUT2D eigenvalue weighted by molar-refractivity contribution is 5.91. The van der Waals surface area contributed by atoms with Gasteiger partial charge in [-0.3, -0.25) is 4.98 Å². The number of rotatable bonds is 4. The van der Waals surface area contributed by atoms with Crippen molar-refractivity contribution in [1.29, 1.82) is 0 Å². The minimum absolute atomic E-state index is 0.321. The average molecular weight is 339 g/mol. The summed E-state index contributed by atoms with van der Waals surface area (Å²) in [6.45, 7) is 2.26. The third-order valence-corrected chi connectivity index (χ3v) is 3.87. The van der Waals surface area contributed by atoms with Gasteiger partial charge in [0.2, 0.25) is 0 Å². The maximum absolute atomic E-state index is 13.4. The lowest BCUT2D eigenvalue weighted by Gasteiger charge is -2.12. The van der Waals surface area contributed by atoms with Crippen molar-refractivity contribution in [3.63, 3.8) is 0 Å². The quantitative estimate of drug-likeness (QED) is 0.766. The first-order valence-corrected chi connectivity index (χ1v) is 7.74. The highest BCUT2D eigenvalue weighted by Gasteiger charge is 2.08. The Morgan fingerprint density at radius 3 is 2.72 bits per heavy atom. The number of aryl methyl sites for hydroxylation is 2. The average Bonchev–Trinajstić information content (AvgIpc) is 3.00. The summed E-state index contributed by atoms with van der Waals surface area (Å²) >= 11 is 0. The first-order chi connectivity index (χ1) is 12.0. The predicted octanol–water partition coefficient (Wildman–Crippen LogP) is 3.25. The van der Waals surface area contributed by atoms with Crippen LogP contribution in [0.5, 0.6) is 0 Å². The molecule has 0 aliphatic rings. The second kappa shape index (κ2) is 7.12. The SMILES string of the molecule is Cc1ccc(-c2cncc(F)c2)cc1NC(=O)NCc1cncn1C. The Labute approximate surface area is 144 Å². The Morgan fingerprint density at radius 1 is 1.16 bits per heavy atom. The molecule has 0 unspecified atom stereocenters. The highest BCUT2D eigenvalue weighted by Crippen LogP contribution is 2.25. The van der Waals surface area contributed by atoms with Gasteiger partial charge in [-0.1, -0.05) is 12.1 Å². The number of nitrogens with zero attached hydrogens (tertiary/aromatic N) is 3. The summed E-state index contributed by atoms with van der Waals surface area (Å²) in [7, 11) is 1.86. The van der Waals surface area contributed by atoms with Crippen LogP contribution in [0.4, 0.5) is 14.9 Å². The Kier molecular flexibility index (Phi) is 4.74. The van der Waals surface area contributed by atoms with E-state index in [1.165, 1.54) is 6.07 Å². The van der Waals surface area contributed by atoms with Gasteiger partial charge in [0.15, 0.2) is 0 Å². The van der Waals surface area contributed by atoms with Gasteiger partial charge in [-0.05, 0) is 30.2 Å². The molecule has 1 aromatic carbocycles. The molecule has 3 aromatic rings. The van der Waals surface area contributed by atoms with E-state index in [9.17, 15) is 9.18 Å². The fourth-order valence-electron chi connectivity index (χ4n) is 2.40. The molecule has 0 atom stereocenters. The first-order valence-electron chi connectivity index (χ1n) is 7.74. The molecule has 2 N–H and O–H groups in total. The summed E-state index contributed by atoms with van der Waals surface area (Å²) in [5, 5.41) is 5.61. The van der Waals surface area contributed by atoms with E-state index in [1.807, 2.05) is 30.7 Å². The van der Waals surface area contributed by atoms with Crippen LogP contribution in [0.3, 0.4) is 0 Å². The summed E-state index contributed by atoms with van der Waals surface area (Å²) in [5.41, 5.74) is 3.89. The molecule has 0 radical (unpaired) electrons. The number of hydrogen-bond acceptors (Lipinski definition) is 3. The molecule has 25 heavy (non-hydrogen) atoms. The Bertz CT molecular complexity index is 906. The monoisotopic (exact) mass is 339 g/mol. The molecule has 0 saturated carbocycles. The number of urea groups is 1. The van der Waals surface area contributed by atoms with E-state index in [0.717, 1.165) is 23.0 Å². The molecule has 2 heterocycles. The molecule has 0 bridgehead atoms. The van der Waals surface area contributed by atoms with Crippen molar-refractivity contribution >= 4 is 11.7 Å². The molecule has 0 saturated heterocycles. The molecule has 3 rings (SSSR count). The summed E-state index contributed by atoms with van der Waals surface area (Å²) < 4.78 is 15.2. The lowest BCUT2D eigenvalue weighted by molar-refractivity contribution is 0.251. The number of pyridine rings is 1. The number of halogens is 1. The van der Waals surface area contributed by atoms with E-state index in [1.54, 1.807) is 24.8 Å². The van der Waals surface area contributed by atoms with Crippen LogP contribution in [-0.2, 0) is 13.6 Å². The highest BCUT2D eigenvalue weighted by atomic mass is 19.1. The van der Waals surface area contributed by atoms with Crippen molar-refractivity contribution in [2.24, 2.45) is 7.05 Å². The minimum Gasteiger partial charge on any atom is -0.336 e. The number of carbonyl (C=O) groups excluding carboxylic acids is 1. The molecular weight excluding hydrogens is 321 g/mol. The van der Waals surface area contributed by atoms with Gasteiger partial charge >= 0.3 is 6.03 Å². The van der Waals surface area contributed by atoms with Crippen LogP contribution in [0.15, 0.2) is 49.2 Å². The Morgan fingerprint density at radius 2 is 2.00 bits per heavy atom. The van der Waals surface area contributed by atoms with Gasteiger partial charge in [0.25, 0.3) is 0 Å². The van der Waals surface area contributed by atoms with Gasteiger partial charge in [-0.2, -0.15) is 0 Å². The van der Waals surface area contributed by atoms with Gasteiger partial charge in [-0.25, -0.2) is 14.2 Å². The van der Waals surface area contributed by atoms with Gasteiger partial charge in [0, 0.05) is 30.7 Å². The third-order valence-electron chi connectivity index (χ3n) is 3.87. The molecule has 0 spiro atoms. The summed E-state index contributed by atoms with van der Waals surface area (Å²) in [6, 6.07) is 6.62. The number of anilines is 1. The maximum Gasteiger partial charge on any atom is 0.319 e. The third kappa shape index (κ3) is 4.00. The zero-order chi connectivity index (χ0) is 17.8. The van der Waals surface area contributed by atoms with Crippen LogP contribution in [0.2, 0.25) is 0 Å². The minimum atomic E-state index is -0.401. The van der Waals surface area contributed by atoms with Crippen molar-refractivity contribution in [3.8, 4) is 11.1 Å². The second-order valence-electron chi connectivity index (χ2n) is 5.73. The molecule has 6 nitrogen and oxygen atoms in total. The summed E-state index contributed by atoms with van der Waals surface area (Å²) in [5.74, 6) is -0.401. The van der Waals surface area contributed by atoms with E-state index in [2.05, 4.69) is 20.6 Å². The van der Waals surface area contributed by atoms with Crippen molar-refractivity contribution in [1.82, 2.24) is 19.9 Å². The van der Waals surface area contributed by atoms with E-state index < -0.39 is 5.82 Å². The van der Waals surface area contributed by atoms with Crippen LogP contribution in [0.25, 0.3) is 11.1 Å². The molecule has 7 heteroatoms. The van der Waals surface area contributed by atoms with Crippen molar-refractivity contribution in [2.75, 3.05) is 5.32 Å². The van der Waals surface area contributed by atoms with Gasteiger partial charge < -0.3 is 15.2 Å². The number of imidazole rings is 1. The number of aromatic nitrogens is 3. The fourth-order valence-corrected chi connectivity index (χ4v) is 2.40. The van der Waals surface area contributed by atoms with Gasteiger partial charge in [0.05, 0.1) is 24.8 Å². The number of amides is 2. The summed E-state index contributed by atoms with van der Waals surface area (Å²) in [4.78, 5) is 20.0. The molecule has 0 aliphatic carbocycles. The number of benzene rings is 1. The fraction of sp³-hybridized carbons (Fsp3) is 0.167. The summed E-state index contributed by atoms with van der Waals surface area (Å²) in [6.07, 6.45) is 6.11. The predicted molar refractivity (Wildman–Crippen MR) is 93.4 cm³/mol. The smallest absolute Gasteiger partial charge is 0.319 e. The largest absolute Gasteiger partial charge is 0.336 e. The topological polar surface area (TPSA) is 71.8 Å². The lowest BCUT2D eigenvalue weighted by atomic mass is 10.0. The molecule has 2 aromatic heterocycles. The van der Waals surface area contributed by atoms with E-state index >= 15 is 0 Å². The van der Waals surface area contributed by atoms with Crippen LogP contribution >= 0.6 is 0 Å². The maximum atomic E-state index is 13.4. The molecule has 128 valence electrons. The van der Waals surface area contributed by atoms with E-state index in [-0.39, 0.29) is 6.03 Å². The van der Waals surface area contributed by atoms with Crippen molar-refractivity contribution < 1.29 is 9.18 Å². The van der Waals surface area contributed by atoms with Crippen LogP contribution in [-0.4, -0.2) is 20.6 Å². The first kappa shape index (κ1) is 16.6. The van der Waals surface area contributed by atoms with E-state index in [0.29, 0.717) is 17.8 Å². The molecule has 2 amide bonds. The van der Waals surface area contributed by atoms with Crippen LogP contribution < -0.4 is 10.6 Å². The standard InChI is InChI=1S/C18H18FN5O/c1-12-3-4-13(14-5-15(19)8-20-7-14)6-17(12)23-18(25)22-10-16-9-21-11-24(16)2/h3-9,11H,10H2,1-2H3,(H2,22,23,25). The number of nitrogens with one attached hydrogen (secondary N) is 2. The zero-order valence-electron chi connectivity index (χ0n) is 14.0. The van der Waals surface area contributed by atoms with E-state index in [4.69, 9.17) is 0 Å². The Hall–Kier alpha value is -3.22.